The third-order valence-corrected chi connectivity index (χ3v) is 8.17. The molecule has 294 valence electrons. The molecule has 16 nitrogen and oxygen atoms in total. The molecule has 0 fully saturated rings. The van der Waals surface area contributed by atoms with Gasteiger partial charge < -0.3 is 24.4 Å². The Labute approximate surface area is 320 Å². The van der Waals surface area contributed by atoms with Gasteiger partial charge in [-0.05, 0) is 112 Å². The van der Waals surface area contributed by atoms with Crippen LogP contribution in [0.15, 0.2) is 36.7 Å². The lowest BCUT2D eigenvalue weighted by Crippen LogP contribution is -2.44. The zero-order valence-corrected chi connectivity index (χ0v) is 33.7. The van der Waals surface area contributed by atoms with Crippen LogP contribution in [0.2, 0.25) is 0 Å². The van der Waals surface area contributed by atoms with Crippen LogP contribution in [-0.4, -0.2) is 83.4 Å². The maximum atomic E-state index is 13.5. The van der Waals surface area contributed by atoms with Crippen LogP contribution in [0, 0.1) is 6.92 Å². The van der Waals surface area contributed by atoms with Crippen LogP contribution >= 0.6 is 0 Å². The average Bonchev–Trinajstić information content (AvgIpc) is 3.31. The molecule has 0 aliphatic carbocycles. The maximum Gasteiger partial charge on any atom is 0.424 e. The Hall–Kier alpha value is -5.80. The second kappa shape index (κ2) is 15.1. The van der Waals surface area contributed by atoms with E-state index in [1.165, 1.54) is 6.20 Å². The summed E-state index contributed by atoms with van der Waals surface area (Å²) in [5.41, 5.74) is 0.724. The van der Waals surface area contributed by atoms with Gasteiger partial charge in [-0.1, -0.05) is 0 Å². The molecular formula is C39H51N9O7. The van der Waals surface area contributed by atoms with Crippen LogP contribution in [0.1, 0.15) is 87.4 Å². The van der Waals surface area contributed by atoms with Crippen molar-refractivity contribution < 1.29 is 33.4 Å². The summed E-state index contributed by atoms with van der Waals surface area (Å²) >= 11 is 0. The number of hydrogen-bond donors (Lipinski definition) is 2. The first kappa shape index (κ1) is 40.4. The van der Waals surface area contributed by atoms with Gasteiger partial charge in [-0.3, -0.25) is 19.8 Å². The number of nitrogens with zero attached hydrogens (tertiary/aromatic N) is 7. The molecule has 2 N–H and O–H groups in total. The van der Waals surface area contributed by atoms with E-state index in [-0.39, 0.29) is 24.2 Å². The third kappa shape index (κ3) is 10.0. The van der Waals surface area contributed by atoms with E-state index in [4.69, 9.17) is 14.2 Å². The Kier molecular flexibility index (Phi) is 11.1. The van der Waals surface area contributed by atoms with Crippen molar-refractivity contribution in [3.8, 4) is 11.1 Å². The van der Waals surface area contributed by atoms with Crippen LogP contribution in [0.25, 0.3) is 22.0 Å². The number of anilines is 4. The molecule has 0 atom stereocenters. The van der Waals surface area contributed by atoms with Crippen molar-refractivity contribution >= 4 is 58.1 Å². The molecule has 3 aromatic heterocycles. The molecule has 1 aliphatic rings. The van der Waals surface area contributed by atoms with Crippen molar-refractivity contribution in [3.05, 3.63) is 47.9 Å². The van der Waals surface area contributed by atoms with Crippen molar-refractivity contribution in [2.75, 3.05) is 22.1 Å². The fourth-order valence-corrected chi connectivity index (χ4v) is 5.91. The highest BCUT2D eigenvalue weighted by molar-refractivity contribution is 6.10. The molecule has 0 saturated heterocycles. The second-order valence-electron chi connectivity index (χ2n) is 16.7. The number of fused-ring (bicyclic) bond motifs is 2. The number of imide groups is 1. The molecule has 0 spiro atoms. The predicted octanol–water partition coefficient (Wildman–Crippen LogP) is 7.76. The van der Waals surface area contributed by atoms with Crippen LogP contribution in [-0.2, 0) is 32.0 Å². The van der Waals surface area contributed by atoms with Gasteiger partial charge in [0.2, 0.25) is 5.91 Å². The molecule has 0 radical (unpaired) electrons. The fraction of sp³-hybridized carbons (Fsp3) is 0.487. The number of nitrogens with one attached hydrogen (secondary N) is 2. The maximum absolute atomic E-state index is 13.5. The normalized spacial score (nSPS) is 13.6. The Morgan fingerprint density at radius 1 is 0.836 bits per heavy atom. The van der Waals surface area contributed by atoms with Crippen LogP contribution in [0.5, 0.6) is 0 Å². The minimum Gasteiger partial charge on any atom is -0.444 e. The highest BCUT2D eigenvalue weighted by Crippen LogP contribution is 2.36. The minimum atomic E-state index is -0.932. The van der Waals surface area contributed by atoms with E-state index < -0.39 is 35.1 Å². The lowest BCUT2D eigenvalue weighted by molar-refractivity contribution is -0.133. The SMILES string of the molecule is Cc1c(-c2cc(NC(=O)OC(C)(C)C)c3nnc(Nc4cc5n(n4)CC(=O)N(C(C)C)CC5)cc3c2)cncc1N(C(=O)OC(C)(C)C)C(=O)OC(C)(C)C. The zero-order chi connectivity index (χ0) is 40.6. The number of rotatable bonds is 6. The van der Waals surface area contributed by atoms with E-state index in [9.17, 15) is 19.2 Å². The molecule has 1 aromatic carbocycles. The van der Waals surface area contributed by atoms with Gasteiger partial charge in [0.25, 0.3) is 0 Å². The summed E-state index contributed by atoms with van der Waals surface area (Å²) < 4.78 is 18.5. The molecule has 5 rings (SSSR count). The summed E-state index contributed by atoms with van der Waals surface area (Å²) in [7, 11) is 0. The number of hydrogen-bond acceptors (Lipinski definition) is 12. The molecule has 4 amide bonds. The smallest absolute Gasteiger partial charge is 0.424 e. The van der Waals surface area contributed by atoms with Crippen LogP contribution in [0.4, 0.5) is 37.4 Å². The Bertz CT molecular complexity index is 2100. The van der Waals surface area contributed by atoms with Crippen LogP contribution < -0.4 is 15.5 Å². The first-order valence-electron chi connectivity index (χ1n) is 18.1. The molecule has 4 heterocycles. The van der Waals surface area contributed by atoms with Crippen molar-refractivity contribution in [1.82, 2.24) is 29.9 Å². The van der Waals surface area contributed by atoms with Gasteiger partial charge in [0.05, 0.1) is 17.6 Å². The summed E-state index contributed by atoms with van der Waals surface area (Å²) in [4.78, 5) is 60.1. The number of carbonyl (C=O) groups excluding carboxylic acids is 4. The van der Waals surface area contributed by atoms with E-state index in [1.807, 2.05) is 30.9 Å². The lowest BCUT2D eigenvalue weighted by atomic mass is 9.99. The van der Waals surface area contributed by atoms with E-state index in [1.54, 1.807) is 92.2 Å². The van der Waals surface area contributed by atoms with Gasteiger partial charge in [0, 0.05) is 47.9 Å². The Morgan fingerprint density at radius 2 is 1.47 bits per heavy atom. The Morgan fingerprint density at radius 3 is 2.07 bits per heavy atom. The number of ether oxygens (including phenoxy) is 3. The molecule has 16 heteroatoms. The summed E-state index contributed by atoms with van der Waals surface area (Å²) in [6.45, 7) is 21.9. The number of aromatic nitrogens is 5. The topological polar surface area (TPSA) is 183 Å². The van der Waals surface area contributed by atoms with Crippen molar-refractivity contribution in [1.29, 1.82) is 0 Å². The van der Waals surface area contributed by atoms with Gasteiger partial charge in [0.1, 0.15) is 28.9 Å². The van der Waals surface area contributed by atoms with E-state index in [2.05, 4.69) is 30.9 Å². The molecule has 4 aromatic rings. The van der Waals surface area contributed by atoms with Gasteiger partial charge >= 0.3 is 18.3 Å². The van der Waals surface area contributed by atoms with Crippen LogP contribution in [0.3, 0.4) is 0 Å². The van der Waals surface area contributed by atoms with E-state index >= 15 is 0 Å². The van der Waals surface area contributed by atoms with Crippen molar-refractivity contribution in [2.45, 2.75) is 119 Å². The molecule has 55 heavy (non-hydrogen) atoms. The zero-order valence-electron chi connectivity index (χ0n) is 33.7. The largest absolute Gasteiger partial charge is 0.444 e. The lowest BCUT2D eigenvalue weighted by Gasteiger charge is -2.29. The first-order chi connectivity index (χ1) is 25.5. The van der Waals surface area contributed by atoms with Crippen molar-refractivity contribution in [2.24, 2.45) is 0 Å². The van der Waals surface area contributed by atoms with Gasteiger partial charge in [-0.2, -0.15) is 10.00 Å². The van der Waals surface area contributed by atoms with E-state index in [0.29, 0.717) is 57.9 Å². The monoisotopic (exact) mass is 757 g/mol. The molecular weight excluding hydrogens is 706 g/mol. The standard InChI is InChI=1S/C39H51N9O7/c1-22(2)46-14-13-26-18-31(45-47(26)21-32(46)49)42-30-17-25-15-24(16-28(33(25)44-43-30)41-34(50)53-37(4,5)6)27-19-40-20-29(23(27)3)48(35(51)54-38(7,8)9)36(52)55-39(10,11)12/h15-20,22H,13-14,21H2,1-12H3,(H,41,50)(H,42,43,45). The summed E-state index contributed by atoms with van der Waals surface area (Å²) in [5.74, 6) is 0.858. The third-order valence-electron chi connectivity index (χ3n) is 8.17. The summed E-state index contributed by atoms with van der Waals surface area (Å²) in [5, 5.41) is 20.0. The number of benzene rings is 1. The van der Waals surface area contributed by atoms with E-state index in [0.717, 1.165) is 10.6 Å². The van der Waals surface area contributed by atoms with Gasteiger partial charge in [-0.15, -0.1) is 10.2 Å². The molecule has 0 bridgehead atoms. The Balaban J connectivity index is 1.58. The second-order valence-corrected chi connectivity index (χ2v) is 16.7. The molecule has 0 saturated carbocycles. The number of carbonyl (C=O) groups is 4. The predicted molar refractivity (Wildman–Crippen MR) is 208 cm³/mol. The van der Waals surface area contributed by atoms with Gasteiger partial charge in [0.15, 0.2) is 11.6 Å². The summed E-state index contributed by atoms with van der Waals surface area (Å²) in [6, 6.07) is 7.25. The molecule has 1 aliphatic heterocycles. The van der Waals surface area contributed by atoms with Gasteiger partial charge in [-0.25, -0.2) is 14.4 Å². The highest BCUT2D eigenvalue weighted by atomic mass is 16.6. The highest BCUT2D eigenvalue weighted by Gasteiger charge is 2.34. The number of pyridine rings is 1. The summed E-state index contributed by atoms with van der Waals surface area (Å²) in [6.07, 6.45) is 1.06. The average molecular weight is 758 g/mol. The minimum absolute atomic E-state index is 0.000560. The first-order valence-corrected chi connectivity index (χ1v) is 18.1. The quantitative estimate of drug-likeness (QED) is 0.183. The van der Waals surface area contributed by atoms with Crippen molar-refractivity contribution in [3.63, 3.8) is 0 Å². The molecule has 0 unspecified atom stereocenters. The number of amides is 4. The fourth-order valence-electron chi connectivity index (χ4n) is 5.91.